The van der Waals surface area contributed by atoms with Crippen LogP contribution in [-0.2, 0) is 9.53 Å². The third-order valence-electron chi connectivity index (χ3n) is 2.85. The van der Waals surface area contributed by atoms with Crippen molar-refractivity contribution in [3.8, 4) is 0 Å². The Hall–Kier alpha value is -1.78. The molecular weight excluding hydrogens is 316 g/mol. The van der Waals surface area contributed by atoms with Crippen LogP contribution in [0.25, 0.3) is 0 Å². The first-order valence-corrected chi connectivity index (χ1v) is 6.81. The fourth-order valence-corrected chi connectivity index (χ4v) is 2.14. The fourth-order valence-electron chi connectivity index (χ4n) is 1.83. The maximum Gasteiger partial charge on any atom is 0.332 e. The number of anilines is 1. The van der Waals surface area contributed by atoms with Crippen LogP contribution in [-0.4, -0.2) is 13.1 Å². The Morgan fingerprint density at radius 2 is 2.00 bits per heavy atom. The lowest BCUT2D eigenvalue weighted by Gasteiger charge is -2.18. The zero-order chi connectivity index (χ0) is 15.4. The quantitative estimate of drug-likeness (QED) is 0.842. The van der Waals surface area contributed by atoms with Crippen LogP contribution in [0.2, 0.25) is 10.0 Å². The van der Waals surface area contributed by atoms with E-state index in [4.69, 9.17) is 27.9 Å². The van der Waals surface area contributed by atoms with Crippen LogP contribution in [0.5, 0.6) is 0 Å². The van der Waals surface area contributed by atoms with E-state index < -0.39 is 17.8 Å². The van der Waals surface area contributed by atoms with Crippen molar-refractivity contribution in [1.82, 2.24) is 0 Å². The molecule has 1 unspecified atom stereocenters. The van der Waals surface area contributed by atoms with Crippen LogP contribution in [0.15, 0.2) is 42.5 Å². The van der Waals surface area contributed by atoms with Gasteiger partial charge in [-0.2, -0.15) is 0 Å². The highest BCUT2D eigenvalue weighted by Gasteiger charge is 2.22. The molecule has 0 aliphatic heterocycles. The summed E-state index contributed by atoms with van der Waals surface area (Å²) in [6.45, 7) is 0. The van der Waals surface area contributed by atoms with E-state index >= 15 is 0 Å². The van der Waals surface area contributed by atoms with Gasteiger partial charge in [-0.05, 0) is 35.9 Å². The van der Waals surface area contributed by atoms with E-state index in [1.165, 1.54) is 19.2 Å². The van der Waals surface area contributed by atoms with Crippen molar-refractivity contribution in [3.05, 3.63) is 63.9 Å². The first-order chi connectivity index (χ1) is 10.0. The number of rotatable bonds is 4. The number of hydrogen-bond donors (Lipinski definition) is 1. The molecule has 6 heteroatoms. The molecule has 0 aliphatic carbocycles. The maximum atomic E-state index is 13.6. The smallest absolute Gasteiger partial charge is 0.332 e. The van der Waals surface area contributed by atoms with Crippen molar-refractivity contribution in [1.29, 1.82) is 0 Å². The van der Waals surface area contributed by atoms with Crippen molar-refractivity contribution in [2.75, 3.05) is 12.4 Å². The van der Waals surface area contributed by atoms with Gasteiger partial charge in [-0.25, -0.2) is 9.18 Å². The standard InChI is InChI=1S/C15H12Cl2FNO2/c1-21-15(20)14(9-5-6-12(17)13(18)7-9)19-11-4-2-3-10(16)8-11/h2-8,14,19H,1H3. The van der Waals surface area contributed by atoms with Gasteiger partial charge in [0.1, 0.15) is 5.82 Å². The molecule has 0 aliphatic rings. The molecule has 0 bridgehead atoms. The summed E-state index contributed by atoms with van der Waals surface area (Å²) in [4.78, 5) is 11.9. The van der Waals surface area contributed by atoms with E-state index in [1.807, 2.05) is 0 Å². The Bertz CT molecular complexity index is 664. The number of methoxy groups -OCH3 is 1. The largest absolute Gasteiger partial charge is 0.467 e. The highest BCUT2D eigenvalue weighted by Crippen LogP contribution is 2.25. The monoisotopic (exact) mass is 327 g/mol. The molecule has 2 aromatic rings. The van der Waals surface area contributed by atoms with E-state index in [0.29, 0.717) is 16.3 Å². The lowest BCUT2D eigenvalue weighted by Crippen LogP contribution is -2.22. The average Bonchev–Trinajstić information content (AvgIpc) is 2.47. The summed E-state index contributed by atoms with van der Waals surface area (Å²) in [7, 11) is 1.27. The maximum absolute atomic E-state index is 13.6. The SMILES string of the molecule is COC(=O)C(Nc1cccc(Cl)c1)c1ccc(Cl)c(F)c1. The molecule has 3 nitrogen and oxygen atoms in total. The molecule has 110 valence electrons. The summed E-state index contributed by atoms with van der Waals surface area (Å²) >= 11 is 11.6. The molecule has 0 fully saturated rings. The van der Waals surface area contributed by atoms with Crippen LogP contribution >= 0.6 is 23.2 Å². The fraction of sp³-hybridized carbons (Fsp3) is 0.133. The number of esters is 1. The normalized spacial score (nSPS) is 11.8. The van der Waals surface area contributed by atoms with E-state index in [-0.39, 0.29) is 5.02 Å². The average molecular weight is 328 g/mol. The molecule has 21 heavy (non-hydrogen) atoms. The van der Waals surface area contributed by atoms with Crippen molar-refractivity contribution < 1.29 is 13.9 Å². The number of hydrogen-bond acceptors (Lipinski definition) is 3. The van der Waals surface area contributed by atoms with Crippen LogP contribution in [0.1, 0.15) is 11.6 Å². The predicted octanol–water partition coefficient (Wildman–Crippen LogP) is 4.46. The van der Waals surface area contributed by atoms with Crippen molar-refractivity contribution in [3.63, 3.8) is 0 Å². The first kappa shape index (κ1) is 15.6. The molecule has 0 spiro atoms. The molecule has 0 radical (unpaired) electrons. The lowest BCUT2D eigenvalue weighted by molar-refractivity contribution is -0.141. The second-order valence-electron chi connectivity index (χ2n) is 4.28. The summed E-state index contributed by atoms with van der Waals surface area (Å²) in [6.07, 6.45) is 0. The van der Waals surface area contributed by atoms with Gasteiger partial charge in [-0.1, -0.05) is 35.3 Å². The number of ether oxygens (including phenoxy) is 1. The first-order valence-electron chi connectivity index (χ1n) is 6.06. The Labute approximate surface area is 131 Å². The predicted molar refractivity (Wildman–Crippen MR) is 81.2 cm³/mol. The molecule has 0 saturated heterocycles. The molecule has 0 amide bonds. The minimum Gasteiger partial charge on any atom is -0.467 e. The van der Waals surface area contributed by atoms with Crippen molar-refractivity contribution >= 4 is 34.9 Å². The summed E-state index contributed by atoms with van der Waals surface area (Å²) in [6, 6.07) is 10.1. The Morgan fingerprint density at radius 1 is 1.24 bits per heavy atom. The van der Waals surface area contributed by atoms with Crippen LogP contribution < -0.4 is 5.32 Å². The molecule has 0 heterocycles. The molecule has 1 atom stereocenters. The van der Waals surface area contributed by atoms with Gasteiger partial charge < -0.3 is 10.1 Å². The Balaban J connectivity index is 2.34. The van der Waals surface area contributed by atoms with Gasteiger partial charge in [0, 0.05) is 10.7 Å². The molecular formula is C15H12Cl2FNO2. The van der Waals surface area contributed by atoms with Crippen LogP contribution in [0.3, 0.4) is 0 Å². The zero-order valence-electron chi connectivity index (χ0n) is 11.1. The number of benzene rings is 2. The number of carbonyl (C=O) groups is 1. The highest BCUT2D eigenvalue weighted by atomic mass is 35.5. The van der Waals surface area contributed by atoms with Gasteiger partial charge in [0.25, 0.3) is 0 Å². The van der Waals surface area contributed by atoms with Gasteiger partial charge in [-0.15, -0.1) is 0 Å². The van der Waals surface area contributed by atoms with Gasteiger partial charge in [-0.3, -0.25) is 0 Å². The van der Waals surface area contributed by atoms with Gasteiger partial charge in [0.2, 0.25) is 0 Å². The third-order valence-corrected chi connectivity index (χ3v) is 3.39. The number of nitrogens with one attached hydrogen (secondary N) is 1. The minimum absolute atomic E-state index is 0.00915. The van der Waals surface area contributed by atoms with Crippen molar-refractivity contribution in [2.24, 2.45) is 0 Å². The summed E-state index contributed by atoms with van der Waals surface area (Å²) in [5.41, 5.74) is 1.02. The molecule has 2 rings (SSSR count). The second kappa shape index (κ2) is 6.78. The van der Waals surface area contributed by atoms with E-state index in [1.54, 1.807) is 30.3 Å². The van der Waals surface area contributed by atoms with Crippen LogP contribution in [0, 0.1) is 5.82 Å². The topological polar surface area (TPSA) is 38.3 Å². The highest BCUT2D eigenvalue weighted by molar-refractivity contribution is 6.31. The summed E-state index contributed by atoms with van der Waals surface area (Å²) in [5, 5.41) is 3.47. The van der Waals surface area contributed by atoms with Gasteiger partial charge in [0.05, 0.1) is 12.1 Å². The van der Waals surface area contributed by atoms with E-state index in [9.17, 15) is 9.18 Å². The Kier molecular flexibility index (Phi) is 5.04. The lowest BCUT2D eigenvalue weighted by atomic mass is 10.1. The molecule has 2 aromatic carbocycles. The van der Waals surface area contributed by atoms with E-state index in [0.717, 1.165) is 0 Å². The number of carbonyl (C=O) groups excluding carboxylic acids is 1. The van der Waals surface area contributed by atoms with E-state index in [2.05, 4.69) is 5.32 Å². The van der Waals surface area contributed by atoms with Crippen molar-refractivity contribution in [2.45, 2.75) is 6.04 Å². The molecule has 0 aromatic heterocycles. The zero-order valence-corrected chi connectivity index (χ0v) is 12.6. The molecule has 0 saturated carbocycles. The van der Waals surface area contributed by atoms with Gasteiger partial charge in [0.15, 0.2) is 6.04 Å². The third kappa shape index (κ3) is 3.86. The molecule has 1 N–H and O–H groups in total. The Morgan fingerprint density at radius 3 is 2.62 bits per heavy atom. The second-order valence-corrected chi connectivity index (χ2v) is 5.13. The minimum atomic E-state index is -0.861. The van der Waals surface area contributed by atoms with Gasteiger partial charge >= 0.3 is 5.97 Å². The summed E-state index contributed by atoms with van der Waals surface area (Å²) < 4.78 is 18.3. The summed E-state index contributed by atoms with van der Waals surface area (Å²) in [5.74, 6) is -1.15. The number of halogens is 3. The van der Waals surface area contributed by atoms with Crippen LogP contribution in [0.4, 0.5) is 10.1 Å².